The van der Waals surface area contributed by atoms with Crippen LogP contribution in [0.25, 0.3) is 17.2 Å². The number of carboxylic acids is 1. The molecule has 0 amide bonds. The fourth-order valence-corrected chi connectivity index (χ4v) is 1.85. The molecule has 3 heterocycles. The van der Waals surface area contributed by atoms with Crippen LogP contribution < -0.4 is 0 Å². The number of alkyl halides is 2. The molecule has 0 aliphatic rings. The summed E-state index contributed by atoms with van der Waals surface area (Å²) in [6.07, 6.45) is -1.89. The van der Waals surface area contributed by atoms with E-state index in [0.717, 1.165) is 10.6 Å². The number of aliphatic carboxylic acids is 1. The molecule has 1 N–H and O–H groups in total. The van der Waals surface area contributed by atoms with Crippen molar-refractivity contribution in [2.24, 2.45) is 0 Å². The summed E-state index contributed by atoms with van der Waals surface area (Å²) in [5, 5.41) is 12.5. The number of hydrogen-bond donors (Lipinski definition) is 1. The zero-order chi connectivity index (χ0) is 15.0. The average molecular weight is 294 g/mol. The van der Waals surface area contributed by atoms with Crippen molar-refractivity contribution in [2.45, 2.75) is 12.8 Å². The zero-order valence-corrected chi connectivity index (χ0v) is 10.4. The molecule has 3 rings (SSSR count). The van der Waals surface area contributed by atoms with Crippen LogP contribution in [0.1, 0.15) is 17.9 Å². The highest BCUT2D eigenvalue weighted by Crippen LogP contribution is 2.25. The van der Waals surface area contributed by atoms with Crippen molar-refractivity contribution in [3.63, 3.8) is 0 Å². The van der Waals surface area contributed by atoms with Gasteiger partial charge in [0.25, 0.3) is 12.2 Å². The first kappa shape index (κ1) is 13.2. The third-order valence-corrected chi connectivity index (χ3v) is 2.69. The zero-order valence-electron chi connectivity index (χ0n) is 10.4. The van der Waals surface area contributed by atoms with Crippen molar-refractivity contribution >= 4 is 11.7 Å². The Labute approximate surface area is 115 Å². The van der Waals surface area contributed by atoms with E-state index in [1.165, 1.54) is 6.26 Å². The molecule has 0 radical (unpaired) electrons. The number of rotatable bonds is 4. The highest BCUT2D eigenvalue weighted by molar-refractivity contribution is 5.69. The highest BCUT2D eigenvalue weighted by atomic mass is 19.3. The van der Waals surface area contributed by atoms with Gasteiger partial charge in [-0.2, -0.15) is 9.50 Å². The van der Waals surface area contributed by atoms with Crippen molar-refractivity contribution in [1.82, 2.24) is 19.6 Å². The molecule has 108 valence electrons. The van der Waals surface area contributed by atoms with Gasteiger partial charge < -0.3 is 9.52 Å². The summed E-state index contributed by atoms with van der Waals surface area (Å²) in [6, 6.07) is 4.31. The van der Waals surface area contributed by atoms with Gasteiger partial charge in [0.15, 0.2) is 11.6 Å². The standard InChI is InChI=1S/C12H8F2N4O3/c13-11(14)7-4-6(8-2-1-3-21-8)15-12-16-9(5-10(19)20)17-18(7)12/h1-4,11H,5H2,(H,19,20). The number of carboxylic acid groups (broad SMARTS) is 1. The van der Waals surface area contributed by atoms with Gasteiger partial charge in [-0.3, -0.25) is 4.79 Å². The second-order valence-electron chi connectivity index (χ2n) is 4.15. The highest BCUT2D eigenvalue weighted by Gasteiger charge is 2.20. The minimum atomic E-state index is -2.82. The number of furan rings is 1. The molecule has 0 fully saturated rings. The Morgan fingerprint density at radius 1 is 1.43 bits per heavy atom. The van der Waals surface area contributed by atoms with Crippen molar-refractivity contribution in [3.8, 4) is 11.5 Å². The number of hydrogen-bond acceptors (Lipinski definition) is 5. The number of aromatic nitrogens is 4. The number of carbonyl (C=O) groups is 1. The van der Waals surface area contributed by atoms with E-state index in [9.17, 15) is 13.6 Å². The maximum Gasteiger partial charge on any atom is 0.311 e. The SMILES string of the molecule is O=C(O)Cc1nc2nc(-c3ccco3)cc(C(F)F)n2n1. The predicted molar refractivity (Wildman–Crippen MR) is 64.8 cm³/mol. The summed E-state index contributed by atoms with van der Waals surface area (Å²) in [4.78, 5) is 18.6. The summed E-state index contributed by atoms with van der Waals surface area (Å²) < 4.78 is 32.2. The summed E-state index contributed by atoms with van der Waals surface area (Å²) in [5.74, 6) is -1.04. The van der Waals surface area contributed by atoms with Crippen LogP contribution in [-0.2, 0) is 11.2 Å². The Kier molecular flexibility index (Phi) is 3.09. The first-order chi connectivity index (χ1) is 10.0. The van der Waals surface area contributed by atoms with E-state index in [4.69, 9.17) is 9.52 Å². The van der Waals surface area contributed by atoms with E-state index in [-0.39, 0.29) is 17.3 Å². The minimum absolute atomic E-state index is 0.0894. The molecule has 7 nitrogen and oxygen atoms in total. The van der Waals surface area contributed by atoms with Gasteiger partial charge in [-0.15, -0.1) is 5.10 Å². The van der Waals surface area contributed by atoms with E-state index in [2.05, 4.69) is 15.1 Å². The average Bonchev–Trinajstić information content (AvgIpc) is 3.04. The van der Waals surface area contributed by atoms with E-state index in [1.54, 1.807) is 12.1 Å². The first-order valence-corrected chi connectivity index (χ1v) is 5.85. The van der Waals surface area contributed by atoms with Gasteiger partial charge in [0.1, 0.15) is 17.8 Å². The van der Waals surface area contributed by atoms with Crippen molar-refractivity contribution < 1.29 is 23.1 Å². The maximum absolute atomic E-state index is 13.1. The molecule has 0 saturated carbocycles. The van der Waals surface area contributed by atoms with Crippen LogP contribution in [-0.4, -0.2) is 30.7 Å². The van der Waals surface area contributed by atoms with Gasteiger partial charge in [0.2, 0.25) is 0 Å². The largest absolute Gasteiger partial charge is 0.481 e. The smallest absolute Gasteiger partial charge is 0.311 e. The van der Waals surface area contributed by atoms with Crippen molar-refractivity contribution in [3.05, 3.63) is 36.0 Å². The Hall–Kier alpha value is -2.84. The first-order valence-electron chi connectivity index (χ1n) is 5.85. The Balaban J connectivity index is 2.18. The monoisotopic (exact) mass is 294 g/mol. The van der Waals surface area contributed by atoms with Gasteiger partial charge in [-0.05, 0) is 18.2 Å². The van der Waals surface area contributed by atoms with Gasteiger partial charge in [0, 0.05) is 0 Å². The summed E-state index contributed by atoms with van der Waals surface area (Å²) in [7, 11) is 0. The van der Waals surface area contributed by atoms with Crippen LogP contribution in [0.5, 0.6) is 0 Å². The molecule has 3 aromatic heterocycles. The maximum atomic E-state index is 13.1. The number of fused-ring (bicyclic) bond motifs is 1. The quantitative estimate of drug-likeness (QED) is 0.790. The summed E-state index contributed by atoms with van der Waals surface area (Å²) in [5.41, 5.74) is -0.257. The molecule has 0 atom stereocenters. The fraction of sp³-hybridized carbons (Fsp3) is 0.167. The molecular weight excluding hydrogens is 286 g/mol. The number of halogens is 2. The Morgan fingerprint density at radius 2 is 2.24 bits per heavy atom. The third kappa shape index (κ3) is 2.45. The predicted octanol–water partition coefficient (Wildman–Crippen LogP) is 1.95. The topological polar surface area (TPSA) is 93.5 Å². The Bertz CT molecular complexity index is 798. The number of nitrogens with zero attached hydrogens (tertiary/aromatic N) is 4. The second kappa shape index (κ2) is 4.93. The van der Waals surface area contributed by atoms with Crippen LogP contribution in [0, 0.1) is 0 Å². The molecule has 0 aromatic carbocycles. The third-order valence-electron chi connectivity index (χ3n) is 2.69. The molecule has 0 bridgehead atoms. The van der Waals surface area contributed by atoms with Crippen molar-refractivity contribution in [2.75, 3.05) is 0 Å². The molecule has 0 unspecified atom stereocenters. The van der Waals surface area contributed by atoms with Crippen LogP contribution in [0.3, 0.4) is 0 Å². The fourth-order valence-electron chi connectivity index (χ4n) is 1.85. The van der Waals surface area contributed by atoms with E-state index in [1.807, 2.05) is 0 Å². The van der Waals surface area contributed by atoms with Gasteiger partial charge in [-0.1, -0.05) is 0 Å². The second-order valence-corrected chi connectivity index (χ2v) is 4.15. The molecule has 0 aliphatic heterocycles. The summed E-state index contributed by atoms with van der Waals surface area (Å²) in [6.45, 7) is 0. The van der Waals surface area contributed by atoms with E-state index < -0.39 is 24.5 Å². The molecule has 0 aliphatic carbocycles. The van der Waals surface area contributed by atoms with E-state index in [0.29, 0.717) is 5.76 Å². The molecule has 0 spiro atoms. The van der Waals surface area contributed by atoms with Crippen LogP contribution in [0.2, 0.25) is 0 Å². The lowest BCUT2D eigenvalue weighted by molar-refractivity contribution is -0.136. The molecule has 9 heteroatoms. The molecule has 3 aromatic rings. The lowest BCUT2D eigenvalue weighted by Gasteiger charge is -2.04. The van der Waals surface area contributed by atoms with Crippen molar-refractivity contribution in [1.29, 1.82) is 0 Å². The van der Waals surface area contributed by atoms with E-state index >= 15 is 0 Å². The van der Waals surface area contributed by atoms with Crippen LogP contribution in [0.4, 0.5) is 8.78 Å². The van der Waals surface area contributed by atoms with Gasteiger partial charge >= 0.3 is 5.97 Å². The summed E-state index contributed by atoms with van der Waals surface area (Å²) >= 11 is 0. The lowest BCUT2D eigenvalue weighted by atomic mass is 10.2. The lowest BCUT2D eigenvalue weighted by Crippen LogP contribution is -2.04. The Morgan fingerprint density at radius 3 is 2.86 bits per heavy atom. The molecular formula is C12H8F2N4O3. The minimum Gasteiger partial charge on any atom is -0.481 e. The van der Waals surface area contributed by atoms with Gasteiger partial charge in [0.05, 0.1) is 6.26 Å². The normalized spacial score (nSPS) is 11.4. The van der Waals surface area contributed by atoms with Crippen LogP contribution >= 0.6 is 0 Å². The molecule has 21 heavy (non-hydrogen) atoms. The van der Waals surface area contributed by atoms with Gasteiger partial charge in [-0.25, -0.2) is 13.8 Å². The van der Waals surface area contributed by atoms with Crippen LogP contribution in [0.15, 0.2) is 28.9 Å². The molecule has 0 saturated heterocycles.